The summed E-state index contributed by atoms with van der Waals surface area (Å²) < 4.78 is 32.0. The quantitative estimate of drug-likeness (QED) is 0.0112. The topological polar surface area (TPSA) is 237 Å². The fourth-order valence-corrected chi connectivity index (χ4v) is 12.6. The lowest BCUT2D eigenvalue weighted by atomic mass is 9.98. The van der Waals surface area contributed by atoms with Gasteiger partial charge in [-0.1, -0.05) is 176 Å². The van der Waals surface area contributed by atoms with Crippen molar-refractivity contribution in [1.82, 2.24) is 41.4 Å². The van der Waals surface area contributed by atoms with Gasteiger partial charge in [-0.15, -0.1) is 0 Å². The normalized spacial score (nSPS) is 15.6. The first-order chi connectivity index (χ1) is 46.3. The lowest BCUT2D eigenvalue weighted by Gasteiger charge is -2.30. The molecule has 0 bridgehead atoms. The van der Waals surface area contributed by atoms with E-state index in [1.807, 2.05) is 164 Å². The number of unbranched alkanes of at least 4 members (excludes halogenated alkanes) is 1. The van der Waals surface area contributed by atoms with E-state index in [0.29, 0.717) is 48.4 Å². The second-order valence-electron chi connectivity index (χ2n) is 23.5. The number of likely N-dealkylation sites (tertiary alicyclic amines) is 1. The molecule has 1 saturated heterocycles. The number of hydrogen-bond donors (Lipinski definition) is 6. The van der Waals surface area contributed by atoms with Crippen LogP contribution in [0.2, 0.25) is 0 Å². The predicted molar refractivity (Wildman–Crippen MR) is 360 cm³/mol. The van der Waals surface area contributed by atoms with Crippen molar-refractivity contribution < 1.29 is 53.7 Å². The SMILES string of the molecule is [3H]C#COC(=O)[C@@H](Cc1ccc(OCc2ccccc2)cc1)NC(=O)[C@@H](CCCCNC)NC(=O)C(Cc1cn(C)c2ccccc12)NC(=O)[C@H](NC(=O)C1CC(OP)CN1C(=O)C(Cc1ccccc1)NC(=O)OCC1c2ccccc2-c2ccccc21)c1ccccc1. The van der Waals surface area contributed by atoms with Gasteiger partial charge >= 0.3 is 12.1 Å². The summed E-state index contributed by atoms with van der Waals surface area (Å²) in [5, 5.41) is 18.3. The van der Waals surface area contributed by atoms with Gasteiger partial charge in [-0.05, 0) is 101 Å². The fourth-order valence-electron chi connectivity index (χ4n) is 12.4. The van der Waals surface area contributed by atoms with Crippen molar-refractivity contribution in [2.24, 2.45) is 7.05 Å². The molecule has 20 heteroatoms. The number of nitrogens with zero attached hydrogens (tertiary/aromatic N) is 2. The first-order valence-electron chi connectivity index (χ1n) is 31.9. The summed E-state index contributed by atoms with van der Waals surface area (Å²) >= 11 is 0. The molecule has 7 aromatic carbocycles. The van der Waals surface area contributed by atoms with Crippen molar-refractivity contribution in [1.29, 1.82) is 0 Å². The molecule has 1 aliphatic carbocycles. The standard InChI is InChI=1S/C74H77N8O11P/c1-4-90-73(88)64(41-49-35-37-53(38-36-49)91-46-50-24-10-6-11-25-50)78-68(83)61(33-20-21-39-75-2)76-69(84)62(42-52-44-81(3)65-34-19-18-28-55(52)65)77-71(86)67(51-26-12-7-13-27-51)80-70(85)66-43-54(93-94)45-82(66)72(87)63(40-48-22-8-5-9-23-48)79-74(89)92-47-60-58-31-16-14-29-56(58)57-30-15-17-32-59(57)60/h1,5-19,22-32,34-38,44,54,60-64,66-67,75H,20-21,33,39-43,45-47,94H2,2-3H3,(H,76,84)(H,77,86)(H,78,83)(H,79,89)(H,80,85)/t54?,61-,62?,63?,64-,66?,67-/m1/s1/i1T. The molecule has 6 amide bonds. The van der Waals surface area contributed by atoms with Gasteiger partial charge in [-0.25, -0.2) is 9.59 Å². The Bertz CT molecular complexity index is 3990. The van der Waals surface area contributed by atoms with Crippen LogP contribution in [0, 0.1) is 12.5 Å². The third kappa shape index (κ3) is 16.9. The van der Waals surface area contributed by atoms with E-state index in [-0.39, 0.29) is 51.2 Å². The average Bonchev–Trinajstić information content (AvgIpc) is 1.62. The zero-order valence-corrected chi connectivity index (χ0v) is 53.5. The number of para-hydroxylation sites is 1. The molecule has 8 atom stereocenters. The third-order valence-electron chi connectivity index (χ3n) is 17.1. The van der Waals surface area contributed by atoms with Crippen molar-refractivity contribution >= 4 is 62.0 Å². The summed E-state index contributed by atoms with van der Waals surface area (Å²) in [4.78, 5) is 105. The molecular weight excluding hydrogens is 1210 g/mol. The molecule has 94 heavy (non-hydrogen) atoms. The number of terminal acetylenes is 1. The number of carbonyl (C=O) groups excluding carboxylic acids is 7. The molecular formula is C74H77N8O11P. The van der Waals surface area contributed by atoms with Gasteiger partial charge in [0.15, 0.2) is 0 Å². The molecule has 484 valence electrons. The Morgan fingerprint density at radius 3 is 1.91 bits per heavy atom. The maximum Gasteiger partial charge on any atom is 0.407 e. The highest BCUT2D eigenvalue weighted by molar-refractivity contribution is 7.09. The Hall–Kier alpha value is -10.1. The Morgan fingerprint density at radius 2 is 1.23 bits per heavy atom. The number of benzene rings is 7. The van der Waals surface area contributed by atoms with Crippen molar-refractivity contribution in [2.75, 3.05) is 26.7 Å². The van der Waals surface area contributed by atoms with Crippen LogP contribution in [-0.4, -0.2) is 114 Å². The molecule has 10 rings (SSSR count). The molecule has 2 aliphatic rings. The van der Waals surface area contributed by atoms with Gasteiger partial charge in [-0.2, -0.15) is 0 Å². The predicted octanol–water partition coefficient (Wildman–Crippen LogP) is 8.30. The highest BCUT2D eigenvalue weighted by Crippen LogP contribution is 2.44. The summed E-state index contributed by atoms with van der Waals surface area (Å²) in [6.45, 7) is 0.886. The van der Waals surface area contributed by atoms with Gasteiger partial charge in [0, 0.05) is 71.8 Å². The van der Waals surface area contributed by atoms with Gasteiger partial charge in [0.05, 0.1) is 6.10 Å². The molecule has 2 heterocycles. The van der Waals surface area contributed by atoms with Gasteiger partial charge in [0.2, 0.25) is 29.5 Å². The molecule has 1 aliphatic heterocycles. The maximum absolute atomic E-state index is 15.3. The first-order valence-corrected chi connectivity index (χ1v) is 31.9. The Balaban J connectivity index is 0.891. The molecule has 19 nitrogen and oxygen atoms in total. The van der Waals surface area contributed by atoms with Gasteiger partial charge < -0.3 is 60.1 Å². The fraction of sp³-hybridized carbons (Fsp3) is 0.284. The summed E-state index contributed by atoms with van der Waals surface area (Å²) in [6, 6.07) is 49.9. The molecule has 6 N–H and O–H groups in total. The van der Waals surface area contributed by atoms with E-state index in [0.717, 1.165) is 44.3 Å². The Labute approximate surface area is 550 Å². The maximum atomic E-state index is 15.3. The summed E-state index contributed by atoms with van der Waals surface area (Å²) in [5.41, 5.74) is 8.38. The highest BCUT2D eigenvalue weighted by Gasteiger charge is 2.44. The van der Waals surface area contributed by atoms with Crippen molar-refractivity contribution in [3.63, 3.8) is 0 Å². The number of fused-ring (bicyclic) bond motifs is 4. The minimum Gasteiger partial charge on any atom is -0.489 e. The van der Waals surface area contributed by atoms with Gasteiger partial charge in [0.1, 0.15) is 62.7 Å². The zero-order chi connectivity index (χ0) is 66.6. The van der Waals surface area contributed by atoms with E-state index in [9.17, 15) is 14.4 Å². The average molecular weight is 1290 g/mol. The number of aromatic nitrogens is 1. The molecule has 0 saturated carbocycles. The number of amides is 6. The second kappa shape index (κ2) is 32.4. The number of carbonyl (C=O) groups is 7. The van der Waals surface area contributed by atoms with Crippen LogP contribution in [0.3, 0.4) is 0 Å². The number of ether oxygens (including phenoxy) is 3. The van der Waals surface area contributed by atoms with Crippen LogP contribution >= 0.6 is 9.47 Å². The number of aryl methyl sites for hydroxylation is 1. The van der Waals surface area contributed by atoms with E-state index in [2.05, 4.69) is 41.4 Å². The van der Waals surface area contributed by atoms with Crippen LogP contribution in [-0.2, 0) is 75.7 Å². The van der Waals surface area contributed by atoms with Gasteiger partial charge in [-0.3, -0.25) is 24.0 Å². The minimum atomic E-state index is -1.46. The second-order valence-corrected chi connectivity index (χ2v) is 23.8. The van der Waals surface area contributed by atoms with Crippen LogP contribution < -0.4 is 36.6 Å². The molecule has 8 aromatic rings. The number of rotatable bonds is 29. The van der Waals surface area contributed by atoms with Crippen molar-refractivity contribution in [3.05, 3.63) is 233 Å². The van der Waals surface area contributed by atoms with Crippen molar-refractivity contribution in [2.45, 2.75) is 99.8 Å². The number of alkyl carbamates (subject to hydrolysis) is 1. The molecule has 0 spiro atoms. The van der Waals surface area contributed by atoms with E-state index >= 15 is 19.2 Å². The van der Waals surface area contributed by atoms with Crippen LogP contribution in [0.1, 0.15) is 78.0 Å². The Morgan fingerprint density at radius 1 is 0.638 bits per heavy atom. The van der Waals surface area contributed by atoms with E-state index in [1.165, 1.54) is 4.90 Å². The minimum absolute atomic E-state index is 0.00307. The summed E-state index contributed by atoms with van der Waals surface area (Å²) in [5.74, 6) is -4.16. The molecule has 1 aromatic heterocycles. The largest absolute Gasteiger partial charge is 0.489 e. The van der Waals surface area contributed by atoms with E-state index < -0.39 is 84.0 Å². The molecule has 5 unspecified atom stereocenters. The summed E-state index contributed by atoms with van der Waals surface area (Å²) in [6.07, 6.45) is 5.31. The smallest absolute Gasteiger partial charge is 0.407 e. The van der Waals surface area contributed by atoms with Crippen LogP contribution in [0.15, 0.2) is 194 Å². The van der Waals surface area contributed by atoms with Crippen LogP contribution in [0.25, 0.3) is 22.0 Å². The number of nitrogens with one attached hydrogen (secondary N) is 6. The number of hydrogen-bond acceptors (Lipinski definition) is 12. The monoisotopic (exact) mass is 1290 g/mol. The lowest BCUT2D eigenvalue weighted by molar-refractivity contribution is -0.142. The summed E-state index contributed by atoms with van der Waals surface area (Å²) in [7, 11) is 5.86. The van der Waals surface area contributed by atoms with Crippen LogP contribution in [0.4, 0.5) is 4.79 Å². The van der Waals surface area contributed by atoms with Gasteiger partial charge in [0.25, 0.3) is 0 Å². The zero-order valence-electron chi connectivity index (χ0n) is 53.3. The Kier molecular flexibility index (Phi) is 22.6. The highest BCUT2D eigenvalue weighted by atomic mass is 31.0. The van der Waals surface area contributed by atoms with Crippen LogP contribution in [0.5, 0.6) is 5.75 Å². The lowest BCUT2D eigenvalue weighted by Crippen LogP contribution is -2.58. The molecule has 0 radical (unpaired) electrons. The van der Waals surface area contributed by atoms with E-state index in [4.69, 9.17) is 20.1 Å². The molecule has 1 fully saturated rings. The van der Waals surface area contributed by atoms with E-state index in [1.54, 1.807) is 61.6 Å². The first kappa shape index (κ1) is 65.4. The third-order valence-corrected chi connectivity index (χ3v) is 17.5. The van der Waals surface area contributed by atoms with Crippen molar-refractivity contribution in [3.8, 4) is 29.4 Å². The number of esters is 1.